The number of amides is 1. The minimum absolute atomic E-state index is 0.0931. The molecule has 138 valence electrons. The first kappa shape index (κ1) is 19.5. The molecule has 1 aromatic carbocycles. The van der Waals surface area contributed by atoms with Crippen LogP contribution in [0.4, 0.5) is 16.2 Å². The maximum absolute atomic E-state index is 12.1. The molecule has 0 saturated carbocycles. The number of ether oxygens (including phenoxy) is 1. The Balaban J connectivity index is 2.00. The van der Waals surface area contributed by atoms with Crippen molar-refractivity contribution in [2.45, 2.75) is 32.8 Å². The number of nitrogens with zero attached hydrogens (tertiary/aromatic N) is 3. The first-order valence-corrected chi connectivity index (χ1v) is 8.99. The quantitative estimate of drug-likeness (QED) is 0.549. The van der Waals surface area contributed by atoms with Crippen molar-refractivity contribution in [3.05, 3.63) is 32.8 Å². The zero-order chi connectivity index (χ0) is 18.8. The Hall–Kier alpha value is -1.83. The number of hydrogen-bond donors (Lipinski definition) is 0. The second kappa shape index (κ2) is 7.59. The second-order valence-electron chi connectivity index (χ2n) is 7.35. The number of carbonyl (C=O) groups is 1. The van der Waals surface area contributed by atoms with Crippen LogP contribution >= 0.6 is 15.9 Å². The van der Waals surface area contributed by atoms with Gasteiger partial charge in [0.2, 0.25) is 0 Å². The van der Waals surface area contributed by atoms with E-state index < -0.39 is 5.60 Å². The van der Waals surface area contributed by atoms with Crippen LogP contribution in [0.5, 0.6) is 0 Å². The molecule has 1 saturated heterocycles. The maximum atomic E-state index is 12.1. The van der Waals surface area contributed by atoms with Gasteiger partial charge in [0.1, 0.15) is 11.3 Å². The number of rotatable bonds is 4. The normalized spacial score (nSPS) is 17.5. The third-order valence-corrected chi connectivity index (χ3v) is 4.49. The predicted octanol–water partition coefficient (Wildman–Crippen LogP) is 4.05. The van der Waals surface area contributed by atoms with Crippen LogP contribution in [0, 0.1) is 16.0 Å². The van der Waals surface area contributed by atoms with Crippen LogP contribution in [0.15, 0.2) is 22.7 Å². The lowest BCUT2D eigenvalue weighted by molar-refractivity contribution is -0.384. The van der Waals surface area contributed by atoms with E-state index in [4.69, 9.17) is 4.74 Å². The zero-order valence-electron chi connectivity index (χ0n) is 15.0. The Morgan fingerprint density at radius 1 is 1.48 bits per heavy atom. The summed E-state index contributed by atoms with van der Waals surface area (Å²) in [5, 5.41) is 11.3. The first-order chi connectivity index (χ1) is 11.6. The van der Waals surface area contributed by atoms with Crippen molar-refractivity contribution in [1.82, 2.24) is 4.90 Å². The molecule has 1 amide bonds. The Bertz CT molecular complexity index is 660. The predicted molar refractivity (Wildman–Crippen MR) is 100.0 cm³/mol. The summed E-state index contributed by atoms with van der Waals surface area (Å²) < 4.78 is 6.05. The van der Waals surface area contributed by atoms with Crippen molar-refractivity contribution in [3.8, 4) is 0 Å². The van der Waals surface area contributed by atoms with E-state index >= 15 is 0 Å². The molecule has 0 aliphatic carbocycles. The fourth-order valence-electron chi connectivity index (χ4n) is 2.91. The van der Waals surface area contributed by atoms with Gasteiger partial charge in [-0.3, -0.25) is 10.1 Å². The Labute approximate surface area is 156 Å². The lowest BCUT2D eigenvalue weighted by Crippen LogP contribution is -2.37. The van der Waals surface area contributed by atoms with Crippen LogP contribution < -0.4 is 4.90 Å². The summed E-state index contributed by atoms with van der Waals surface area (Å²) in [7, 11) is 1.72. The highest BCUT2D eigenvalue weighted by Crippen LogP contribution is 2.34. The zero-order valence-corrected chi connectivity index (χ0v) is 16.6. The molecule has 0 radical (unpaired) electrons. The number of anilines is 1. The molecule has 0 spiro atoms. The van der Waals surface area contributed by atoms with Crippen LogP contribution in [-0.4, -0.2) is 48.2 Å². The first-order valence-electron chi connectivity index (χ1n) is 8.20. The van der Waals surface area contributed by atoms with Gasteiger partial charge >= 0.3 is 6.09 Å². The van der Waals surface area contributed by atoms with Gasteiger partial charge < -0.3 is 14.5 Å². The summed E-state index contributed by atoms with van der Waals surface area (Å²) in [6.07, 6.45) is 0.529. The Morgan fingerprint density at radius 3 is 2.76 bits per heavy atom. The van der Waals surface area contributed by atoms with E-state index in [9.17, 15) is 14.9 Å². The third kappa shape index (κ3) is 5.32. The standard InChI is InChI=1S/C17H24BrN3O4/c1-17(2,3)25-16(22)19(4)10-12-7-8-20(11-12)14-6-5-13(18)9-15(14)21(23)24/h5-6,9,12H,7-8,10-11H2,1-4H3. The highest BCUT2D eigenvalue weighted by atomic mass is 79.9. The van der Waals surface area contributed by atoms with E-state index in [-0.39, 0.29) is 22.6 Å². The van der Waals surface area contributed by atoms with Gasteiger partial charge in [-0.25, -0.2) is 4.79 Å². The van der Waals surface area contributed by atoms with Gasteiger partial charge in [0.15, 0.2) is 0 Å². The van der Waals surface area contributed by atoms with Gasteiger partial charge in [-0.05, 0) is 45.2 Å². The molecule has 2 rings (SSSR count). The van der Waals surface area contributed by atoms with Crippen molar-refractivity contribution in [2.24, 2.45) is 5.92 Å². The van der Waals surface area contributed by atoms with E-state index in [0.717, 1.165) is 13.0 Å². The molecule has 25 heavy (non-hydrogen) atoms. The third-order valence-electron chi connectivity index (χ3n) is 4.00. The lowest BCUT2D eigenvalue weighted by atomic mass is 10.1. The minimum atomic E-state index is -0.523. The number of nitro groups is 1. The van der Waals surface area contributed by atoms with Gasteiger partial charge in [-0.1, -0.05) is 15.9 Å². The minimum Gasteiger partial charge on any atom is -0.444 e. The summed E-state index contributed by atoms with van der Waals surface area (Å²) >= 11 is 3.28. The largest absolute Gasteiger partial charge is 0.444 e. The SMILES string of the molecule is CN(CC1CCN(c2ccc(Br)cc2[N+](=O)[O-])C1)C(=O)OC(C)(C)C. The van der Waals surface area contributed by atoms with Crippen molar-refractivity contribution < 1.29 is 14.5 Å². The fourth-order valence-corrected chi connectivity index (χ4v) is 3.26. The number of nitro benzene ring substituents is 1. The summed E-state index contributed by atoms with van der Waals surface area (Å²) in [6, 6.07) is 5.10. The van der Waals surface area contributed by atoms with E-state index in [1.165, 1.54) is 6.07 Å². The highest BCUT2D eigenvalue weighted by Gasteiger charge is 2.30. The summed E-state index contributed by atoms with van der Waals surface area (Å²) in [4.78, 5) is 26.6. The molecule has 1 aliphatic heterocycles. The van der Waals surface area contributed by atoms with Crippen LogP contribution in [0.1, 0.15) is 27.2 Å². The van der Waals surface area contributed by atoms with E-state index in [2.05, 4.69) is 15.9 Å². The number of hydrogen-bond acceptors (Lipinski definition) is 5. The molecular formula is C17H24BrN3O4. The Morgan fingerprint density at radius 2 is 2.16 bits per heavy atom. The van der Waals surface area contributed by atoms with Gasteiger partial charge in [0.25, 0.3) is 5.69 Å². The fraction of sp³-hybridized carbons (Fsp3) is 0.588. The molecule has 0 aromatic heterocycles. The summed E-state index contributed by atoms with van der Waals surface area (Å²) in [5.74, 6) is 0.251. The molecule has 1 aliphatic rings. The van der Waals surface area contributed by atoms with E-state index in [1.54, 1.807) is 18.0 Å². The molecule has 0 N–H and O–H groups in total. The molecular weight excluding hydrogens is 390 g/mol. The summed E-state index contributed by atoms with van der Waals surface area (Å²) in [6.45, 7) is 7.48. The van der Waals surface area contributed by atoms with Crippen LogP contribution in [0.2, 0.25) is 0 Å². The highest BCUT2D eigenvalue weighted by molar-refractivity contribution is 9.10. The van der Waals surface area contributed by atoms with Gasteiger partial charge in [0, 0.05) is 37.2 Å². The molecule has 1 aromatic rings. The molecule has 0 bridgehead atoms. The van der Waals surface area contributed by atoms with Crippen LogP contribution in [-0.2, 0) is 4.74 Å². The monoisotopic (exact) mass is 413 g/mol. The maximum Gasteiger partial charge on any atom is 0.410 e. The molecule has 7 nitrogen and oxygen atoms in total. The van der Waals surface area contributed by atoms with Crippen LogP contribution in [0.25, 0.3) is 0 Å². The Kier molecular flexibility index (Phi) is 5.92. The van der Waals surface area contributed by atoms with E-state index in [0.29, 0.717) is 23.2 Å². The van der Waals surface area contributed by atoms with Gasteiger partial charge in [0.05, 0.1) is 4.92 Å². The molecule has 1 atom stereocenters. The lowest BCUT2D eigenvalue weighted by Gasteiger charge is -2.26. The van der Waals surface area contributed by atoms with Crippen molar-refractivity contribution in [3.63, 3.8) is 0 Å². The van der Waals surface area contributed by atoms with Crippen molar-refractivity contribution in [2.75, 3.05) is 31.6 Å². The molecule has 1 heterocycles. The molecule has 1 unspecified atom stereocenters. The average Bonchev–Trinajstić information content (AvgIpc) is 2.93. The molecule has 8 heteroatoms. The van der Waals surface area contributed by atoms with E-state index in [1.807, 2.05) is 31.7 Å². The number of carbonyl (C=O) groups excluding carboxylic acids is 1. The van der Waals surface area contributed by atoms with Crippen molar-refractivity contribution >= 4 is 33.4 Å². The number of halogens is 1. The number of benzene rings is 1. The average molecular weight is 414 g/mol. The van der Waals surface area contributed by atoms with Crippen LogP contribution in [0.3, 0.4) is 0 Å². The van der Waals surface area contributed by atoms with Gasteiger partial charge in [-0.15, -0.1) is 0 Å². The topological polar surface area (TPSA) is 75.9 Å². The summed E-state index contributed by atoms with van der Waals surface area (Å²) in [5.41, 5.74) is 0.191. The second-order valence-corrected chi connectivity index (χ2v) is 8.27. The van der Waals surface area contributed by atoms with Gasteiger partial charge in [-0.2, -0.15) is 0 Å². The van der Waals surface area contributed by atoms with Crippen molar-refractivity contribution in [1.29, 1.82) is 0 Å². The molecule has 1 fully saturated rings. The smallest absolute Gasteiger partial charge is 0.410 e.